The van der Waals surface area contributed by atoms with Gasteiger partial charge >= 0.3 is 5.97 Å². The van der Waals surface area contributed by atoms with Crippen LogP contribution in [0.4, 0.5) is 4.39 Å². The van der Waals surface area contributed by atoms with Crippen LogP contribution in [-0.2, 0) is 0 Å². The highest BCUT2D eigenvalue weighted by atomic mass is 19.1. The lowest BCUT2D eigenvalue weighted by Crippen LogP contribution is -2.00. The number of aromatic nitrogens is 1. The van der Waals surface area contributed by atoms with Crippen LogP contribution in [0.15, 0.2) is 36.7 Å². The number of rotatable bonds is 3. The second-order valence-corrected chi connectivity index (χ2v) is 3.61. The number of carboxylic acids is 1. The van der Waals surface area contributed by atoms with Crippen molar-refractivity contribution in [3.63, 3.8) is 0 Å². The third-order valence-corrected chi connectivity index (χ3v) is 2.47. The van der Waals surface area contributed by atoms with Crippen molar-refractivity contribution in [2.24, 2.45) is 0 Å². The summed E-state index contributed by atoms with van der Waals surface area (Å²) in [5.41, 5.74) is 0.854. The first-order valence-corrected chi connectivity index (χ1v) is 5.14. The molecule has 0 spiro atoms. The van der Waals surface area contributed by atoms with Crippen LogP contribution in [0.2, 0.25) is 0 Å². The van der Waals surface area contributed by atoms with E-state index >= 15 is 0 Å². The maximum absolute atomic E-state index is 13.1. The number of hydrogen-bond donors (Lipinski definition) is 1. The van der Waals surface area contributed by atoms with E-state index in [4.69, 9.17) is 9.84 Å². The number of carboxylic acid groups (broad SMARTS) is 1. The molecule has 5 heteroatoms. The molecule has 1 N–H and O–H groups in total. The summed E-state index contributed by atoms with van der Waals surface area (Å²) in [6.07, 6.45) is 2.48. The van der Waals surface area contributed by atoms with Crippen LogP contribution in [0, 0.1) is 5.82 Å². The van der Waals surface area contributed by atoms with E-state index in [2.05, 4.69) is 4.98 Å². The number of nitrogens with zero attached hydrogens (tertiary/aromatic N) is 1. The summed E-state index contributed by atoms with van der Waals surface area (Å²) < 4.78 is 18.1. The SMILES string of the molecule is COc1ccc(-c2cncc(F)c2)c(C(=O)O)c1. The fourth-order valence-corrected chi connectivity index (χ4v) is 1.64. The summed E-state index contributed by atoms with van der Waals surface area (Å²) in [5.74, 6) is -1.19. The van der Waals surface area contributed by atoms with E-state index in [1.807, 2.05) is 0 Å². The summed E-state index contributed by atoms with van der Waals surface area (Å²) in [4.78, 5) is 14.9. The standard InChI is InChI=1S/C13H10FNO3/c1-18-10-2-3-11(12(5-10)13(16)17)8-4-9(14)7-15-6-8/h2-7H,1H3,(H,16,17). The predicted molar refractivity (Wildman–Crippen MR) is 63.1 cm³/mol. The van der Waals surface area contributed by atoms with Gasteiger partial charge < -0.3 is 9.84 Å². The smallest absolute Gasteiger partial charge is 0.336 e. The van der Waals surface area contributed by atoms with Crippen LogP contribution in [0.25, 0.3) is 11.1 Å². The molecule has 0 aliphatic heterocycles. The molecule has 1 heterocycles. The van der Waals surface area contributed by atoms with Crippen LogP contribution in [-0.4, -0.2) is 23.2 Å². The molecule has 1 aromatic carbocycles. The molecule has 2 rings (SSSR count). The lowest BCUT2D eigenvalue weighted by atomic mass is 10.0. The molecule has 0 saturated carbocycles. The fraction of sp³-hybridized carbons (Fsp3) is 0.0769. The van der Waals surface area contributed by atoms with Crippen molar-refractivity contribution in [3.05, 3.63) is 48.0 Å². The first kappa shape index (κ1) is 12.0. The zero-order valence-electron chi connectivity index (χ0n) is 9.55. The van der Waals surface area contributed by atoms with Crippen molar-refractivity contribution >= 4 is 5.97 Å². The Bertz CT molecular complexity index is 599. The van der Waals surface area contributed by atoms with Gasteiger partial charge in [-0.05, 0) is 29.8 Å². The van der Waals surface area contributed by atoms with E-state index in [9.17, 15) is 9.18 Å². The van der Waals surface area contributed by atoms with Crippen molar-refractivity contribution < 1.29 is 19.0 Å². The van der Waals surface area contributed by atoms with Gasteiger partial charge in [0.2, 0.25) is 0 Å². The van der Waals surface area contributed by atoms with Gasteiger partial charge in [0.1, 0.15) is 11.6 Å². The molecule has 0 amide bonds. The van der Waals surface area contributed by atoms with Crippen molar-refractivity contribution in [2.75, 3.05) is 7.11 Å². The molecule has 0 aliphatic rings. The van der Waals surface area contributed by atoms with E-state index < -0.39 is 11.8 Å². The normalized spacial score (nSPS) is 10.1. The van der Waals surface area contributed by atoms with Crippen molar-refractivity contribution in [2.45, 2.75) is 0 Å². The Labute approximate surface area is 103 Å². The molecule has 1 aromatic heterocycles. The Kier molecular flexibility index (Phi) is 3.23. The average Bonchev–Trinajstić information content (AvgIpc) is 2.38. The molecule has 0 atom stereocenters. The van der Waals surface area contributed by atoms with Gasteiger partial charge in [-0.15, -0.1) is 0 Å². The van der Waals surface area contributed by atoms with E-state index in [0.717, 1.165) is 6.20 Å². The third kappa shape index (κ3) is 2.29. The van der Waals surface area contributed by atoms with Gasteiger partial charge in [0, 0.05) is 11.8 Å². The maximum Gasteiger partial charge on any atom is 0.336 e. The van der Waals surface area contributed by atoms with E-state index in [1.54, 1.807) is 12.1 Å². The zero-order chi connectivity index (χ0) is 13.1. The van der Waals surface area contributed by atoms with Crippen molar-refractivity contribution in [1.29, 1.82) is 0 Å². The fourth-order valence-electron chi connectivity index (χ4n) is 1.64. The highest BCUT2D eigenvalue weighted by Gasteiger charge is 2.13. The minimum Gasteiger partial charge on any atom is -0.497 e. The summed E-state index contributed by atoms with van der Waals surface area (Å²) in [5, 5.41) is 9.15. The van der Waals surface area contributed by atoms with Gasteiger partial charge in [-0.25, -0.2) is 9.18 Å². The molecule has 0 aliphatic carbocycles. The van der Waals surface area contributed by atoms with Gasteiger partial charge in [0.05, 0.1) is 18.9 Å². The first-order valence-electron chi connectivity index (χ1n) is 5.14. The zero-order valence-corrected chi connectivity index (χ0v) is 9.55. The number of hydrogen-bond acceptors (Lipinski definition) is 3. The second kappa shape index (κ2) is 4.83. The van der Waals surface area contributed by atoms with Gasteiger partial charge in [-0.1, -0.05) is 0 Å². The minimum absolute atomic E-state index is 0.0433. The van der Waals surface area contributed by atoms with Gasteiger partial charge in [-0.2, -0.15) is 0 Å². The Balaban J connectivity index is 2.60. The van der Waals surface area contributed by atoms with Gasteiger partial charge in [0.25, 0.3) is 0 Å². The summed E-state index contributed by atoms with van der Waals surface area (Å²) >= 11 is 0. The van der Waals surface area contributed by atoms with Crippen LogP contribution in [0.3, 0.4) is 0 Å². The van der Waals surface area contributed by atoms with E-state index in [0.29, 0.717) is 16.9 Å². The molecule has 92 valence electrons. The predicted octanol–water partition coefficient (Wildman–Crippen LogP) is 2.59. The Morgan fingerprint density at radius 3 is 2.72 bits per heavy atom. The average molecular weight is 247 g/mol. The van der Waals surface area contributed by atoms with Gasteiger partial charge in [-0.3, -0.25) is 4.98 Å². The Morgan fingerprint density at radius 1 is 1.33 bits per heavy atom. The third-order valence-electron chi connectivity index (χ3n) is 2.47. The van der Waals surface area contributed by atoms with Crippen LogP contribution >= 0.6 is 0 Å². The molecule has 0 unspecified atom stereocenters. The lowest BCUT2D eigenvalue weighted by Gasteiger charge is -2.08. The molecular weight excluding hydrogens is 237 g/mol. The van der Waals surface area contributed by atoms with Crippen molar-refractivity contribution in [3.8, 4) is 16.9 Å². The maximum atomic E-state index is 13.1. The molecule has 18 heavy (non-hydrogen) atoms. The van der Waals surface area contributed by atoms with E-state index in [-0.39, 0.29) is 5.56 Å². The highest BCUT2D eigenvalue weighted by Crippen LogP contribution is 2.27. The minimum atomic E-state index is -1.10. The highest BCUT2D eigenvalue weighted by molar-refractivity contribution is 5.96. The summed E-state index contributed by atoms with van der Waals surface area (Å²) in [6, 6.07) is 5.81. The number of methoxy groups -OCH3 is 1. The summed E-state index contributed by atoms with van der Waals surface area (Å²) in [6.45, 7) is 0. The second-order valence-electron chi connectivity index (χ2n) is 3.61. The number of halogens is 1. The molecule has 2 aromatic rings. The topological polar surface area (TPSA) is 59.4 Å². The molecular formula is C13H10FNO3. The monoisotopic (exact) mass is 247 g/mol. The Morgan fingerprint density at radius 2 is 2.11 bits per heavy atom. The first-order chi connectivity index (χ1) is 8.61. The van der Waals surface area contributed by atoms with Crippen LogP contribution in [0.1, 0.15) is 10.4 Å². The molecule has 0 radical (unpaired) electrons. The molecule has 0 fully saturated rings. The number of pyridine rings is 1. The van der Waals surface area contributed by atoms with Crippen LogP contribution in [0.5, 0.6) is 5.75 Å². The van der Waals surface area contributed by atoms with E-state index in [1.165, 1.54) is 25.4 Å². The van der Waals surface area contributed by atoms with Crippen molar-refractivity contribution in [1.82, 2.24) is 4.98 Å². The van der Waals surface area contributed by atoms with Gasteiger partial charge in [0.15, 0.2) is 0 Å². The Hall–Kier alpha value is -2.43. The number of carbonyl (C=O) groups is 1. The van der Waals surface area contributed by atoms with Crippen LogP contribution < -0.4 is 4.74 Å². The largest absolute Gasteiger partial charge is 0.497 e. The molecule has 4 nitrogen and oxygen atoms in total. The quantitative estimate of drug-likeness (QED) is 0.905. The molecule has 0 saturated heterocycles. The molecule has 0 bridgehead atoms. The lowest BCUT2D eigenvalue weighted by molar-refractivity contribution is 0.0697. The number of benzene rings is 1. The number of aromatic carboxylic acids is 1. The summed E-state index contributed by atoms with van der Waals surface area (Å²) in [7, 11) is 1.45. The number of ether oxygens (including phenoxy) is 1.